The molecule has 0 aromatic heterocycles. The van der Waals surface area contributed by atoms with Crippen LogP contribution in [-0.4, -0.2) is 141 Å². The van der Waals surface area contributed by atoms with Gasteiger partial charge in [-0.1, -0.05) is 70.6 Å². The summed E-state index contributed by atoms with van der Waals surface area (Å²) in [6.45, 7) is 12.0. The molecule has 332 valence electrons. The topological polar surface area (TPSA) is 166 Å². The van der Waals surface area contributed by atoms with Gasteiger partial charge in [-0.3, -0.25) is 4.79 Å². The van der Waals surface area contributed by atoms with Crippen molar-refractivity contribution < 1.29 is 58.1 Å². The Bertz CT molecular complexity index is 1360. The number of hydrogen-bond acceptors (Lipinski definition) is 12. The van der Waals surface area contributed by atoms with E-state index in [1.807, 2.05) is 59.8 Å². The molecule has 13 heteroatoms. The van der Waals surface area contributed by atoms with E-state index in [1.165, 1.54) is 11.0 Å². The van der Waals surface area contributed by atoms with Crippen LogP contribution in [0, 0.1) is 29.6 Å². The number of methoxy groups -OCH3 is 4. The van der Waals surface area contributed by atoms with Crippen molar-refractivity contribution in [1.29, 1.82) is 0 Å². The number of amides is 1. The van der Waals surface area contributed by atoms with Crippen molar-refractivity contribution in [2.75, 3.05) is 42.1 Å². The molecule has 0 radical (unpaired) electrons. The molecule has 3 heterocycles. The number of aliphatic hydroxyl groups excluding tert-OH is 3. The average Bonchev–Trinajstić information content (AvgIpc) is 4.02. The minimum Gasteiger partial charge on any atom is -0.458 e. The third-order valence-electron chi connectivity index (χ3n) is 12.8. The number of ether oxygens (including phenoxy) is 7. The summed E-state index contributed by atoms with van der Waals surface area (Å²) in [7, 11) is 8.21. The highest BCUT2D eigenvalue weighted by atomic mass is 16.6. The smallest absolute Gasteiger partial charge is 0.331 e. The van der Waals surface area contributed by atoms with Crippen molar-refractivity contribution in [3.63, 3.8) is 0 Å². The van der Waals surface area contributed by atoms with Crippen LogP contribution in [-0.2, 0) is 42.7 Å². The number of aliphatic hydroxyl groups is 3. The maximum atomic E-state index is 13.5. The van der Waals surface area contributed by atoms with Crippen molar-refractivity contribution in [3.8, 4) is 0 Å². The molecule has 0 saturated carbocycles. The molecule has 2 bridgehead atoms. The van der Waals surface area contributed by atoms with E-state index >= 15 is 0 Å². The SMILES string of the molecule is CO[C@H]([C@H](C)/C=C/N(C)C=O)[C@@H](C)C(O)CC[C@H](C)[C@H](O)[C@H](C)[C@H]1OC(=O)/C=C/C(C)=C/C[C@H](O)C[C@@H]2C=CC[C@@H](C[C@H](OC)[C@]3(CO3)[C@@H](OC)C[C@@H](OC)[C@@H]1C)O2. The molecule has 16 atom stereocenters. The van der Waals surface area contributed by atoms with E-state index in [-0.39, 0.29) is 48.1 Å². The van der Waals surface area contributed by atoms with Crippen LogP contribution in [0.25, 0.3) is 0 Å². The molecule has 13 nitrogen and oxygen atoms in total. The summed E-state index contributed by atoms with van der Waals surface area (Å²) in [5.41, 5.74) is 0.0593. The summed E-state index contributed by atoms with van der Waals surface area (Å²) in [6.07, 6.45) is 11.9. The predicted octanol–water partition coefficient (Wildman–Crippen LogP) is 5.16. The summed E-state index contributed by atoms with van der Waals surface area (Å²) in [5.74, 6) is -2.02. The second kappa shape index (κ2) is 24.1. The number of esters is 1. The van der Waals surface area contributed by atoms with Crippen LogP contribution in [0.5, 0.6) is 0 Å². The second-order valence-corrected chi connectivity index (χ2v) is 17.1. The average molecular weight is 822 g/mol. The molecule has 1 spiro atoms. The normalized spacial score (nSPS) is 35.4. The zero-order valence-electron chi connectivity index (χ0n) is 36.9. The number of hydrogen-bond donors (Lipinski definition) is 3. The van der Waals surface area contributed by atoms with Crippen LogP contribution in [0.1, 0.15) is 86.5 Å². The van der Waals surface area contributed by atoms with E-state index in [1.54, 1.807) is 47.8 Å². The molecule has 1 fully saturated rings. The van der Waals surface area contributed by atoms with Crippen LogP contribution in [0.2, 0.25) is 0 Å². The van der Waals surface area contributed by atoms with Crippen molar-refractivity contribution in [2.45, 2.75) is 153 Å². The Morgan fingerprint density at radius 3 is 2.26 bits per heavy atom. The zero-order chi connectivity index (χ0) is 43.2. The van der Waals surface area contributed by atoms with Gasteiger partial charge in [-0.2, -0.15) is 0 Å². The quantitative estimate of drug-likeness (QED) is 0.0812. The molecule has 3 aliphatic heterocycles. The first-order chi connectivity index (χ1) is 27.5. The van der Waals surface area contributed by atoms with Gasteiger partial charge in [-0.15, -0.1) is 0 Å². The first-order valence-corrected chi connectivity index (χ1v) is 21.1. The maximum absolute atomic E-state index is 13.5. The monoisotopic (exact) mass is 822 g/mol. The lowest BCUT2D eigenvalue weighted by Crippen LogP contribution is -2.50. The largest absolute Gasteiger partial charge is 0.458 e. The van der Waals surface area contributed by atoms with Gasteiger partial charge in [0.05, 0.1) is 61.5 Å². The van der Waals surface area contributed by atoms with Gasteiger partial charge in [0.2, 0.25) is 6.41 Å². The molecule has 1 unspecified atom stereocenters. The third kappa shape index (κ3) is 14.1. The van der Waals surface area contributed by atoms with Gasteiger partial charge in [0.1, 0.15) is 11.7 Å². The highest BCUT2D eigenvalue weighted by Crippen LogP contribution is 2.43. The van der Waals surface area contributed by atoms with Crippen LogP contribution in [0.15, 0.2) is 48.2 Å². The van der Waals surface area contributed by atoms with E-state index in [9.17, 15) is 24.9 Å². The molecule has 3 N–H and O–H groups in total. The number of fused-ring (bicyclic) bond motifs is 2. The summed E-state index contributed by atoms with van der Waals surface area (Å²) in [6, 6.07) is 0. The van der Waals surface area contributed by atoms with Gasteiger partial charge >= 0.3 is 5.97 Å². The standard InChI is InChI=1S/C45H75NO12/c1-28-15-18-34(48)23-35-13-12-14-36(57-35)24-39(53-9)45(26-56-45)40(54-10)25-38(52-8)32(5)44(58-41(50)20-16-28)33(6)42(51)29(2)17-19-37(49)31(4)43(55-11)30(3)21-22-46(7)27-47/h12-13,15-16,20-22,27,29-40,42-44,48-49,51H,14,17-19,23-26H2,1-11H3/b20-16+,22-21+,28-15+/t29-,30+,31-,32-,33-,34-,35-,36-,37?,38+,39-,40-,42-,43+,44-,45+/m0/s1. The molecule has 3 rings (SSSR count). The number of carbonyl (C=O) groups is 2. The molecular weight excluding hydrogens is 746 g/mol. The lowest BCUT2D eigenvalue weighted by molar-refractivity contribution is -0.159. The van der Waals surface area contributed by atoms with Crippen molar-refractivity contribution >= 4 is 12.4 Å². The number of epoxide rings is 1. The Morgan fingerprint density at radius 1 is 0.983 bits per heavy atom. The molecule has 3 aliphatic rings. The molecule has 58 heavy (non-hydrogen) atoms. The van der Waals surface area contributed by atoms with Crippen LogP contribution < -0.4 is 0 Å². The summed E-state index contributed by atoms with van der Waals surface area (Å²) in [5, 5.41) is 34.0. The summed E-state index contributed by atoms with van der Waals surface area (Å²) in [4.78, 5) is 26.0. The summed E-state index contributed by atoms with van der Waals surface area (Å²) >= 11 is 0. The molecule has 1 saturated heterocycles. The van der Waals surface area contributed by atoms with E-state index in [0.717, 1.165) is 18.4 Å². The molecule has 0 aromatic carbocycles. The zero-order valence-corrected chi connectivity index (χ0v) is 36.9. The van der Waals surface area contributed by atoms with Crippen molar-refractivity contribution in [2.24, 2.45) is 29.6 Å². The first kappa shape index (κ1) is 49.9. The first-order valence-electron chi connectivity index (χ1n) is 21.1. The number of nitrogens with zero attached hydrogens (tertiary/aromatic N) is 1. The minimum absolute atomic E-state index is 0.0676. The van der Waals surface area contributed by atoms with E-state index in [4.69, 9.17) is 33.2 Å². The van der Waals surface area contributed by atoms with Gasteiger partial charge in [0.25, 0.3) is 0 Å². The van der Waals surface area contributed by atoms with Gasteiger partial charge in [-0.25, -0.2) is 4.79 Å². The van der Waals surface area contributed by atoms with Crippen LogP contribution in [0.4, 0.5) is 0 Å². The summed E-state index contributed by atoms with van der Waals surface area (Å²) < 4.78 is 43.0. The minimum atomic E-state index is -0.889. The molecular formula is C45H75NO12. The third-order valence-corrected chi connectivity index (χ3v) is 12.8. The van der Waals surface area contributed by atoms with Gasteiger partial charge in [0, 0.05) is 90.7 Å². The number of carbonyl (C=O) groups excluding carboxylic acids is 2. The van der Waals surface area contributed by atoms with Crippen molar-refractivity contribution in [1.82, 2.24) is 4.90 Å². The van der Waals surface area contributed by atoms with Crippen LogP contribution >= 0.6 is 0 Å². The molecule has 0 aromatic rings. The molecule has 1 amide bonds. The maximum Gasteiger partial charge on any atom is 0.331 e. The van der Waals surface area contributed by atoms with E-state index in [2.05, 4.69) is 6.08 Å². The van der Waals surface area contributed by atoms with Gasteiger partial charge in [0.15, 0.2) is 0 Å². The predicted molar refractivity (Wildman–Crippen MR) is 222 cm³/mol. The second-order valence-electron chi connectivity index (χ2n) is 17.1. The van der Waals surface area contributed by atoms with E-state index in [0.29, 0.717) is 45.1 Å². The Kier molecular flexibility index (Phi) is 20.7. The highest BCUT2D eigenvalue weighted by Gasteiger charge is 2.59. The lowest BCUT2D eigenvalue weighted by Gasteiger charge is -2.39. The Labute approximate surface area is 347 Å². The Morgan fingerprint density at radius 2 is 1.66 bits per heavy atom. The van der Waals surface area contributed by atoms with Crippen LogP contribution in [0.3, 0.4) is 0 Å². The lowest BCUT2D eigenvalue weighted by atomic mass is 9.78. The highest BCUT2D eigenvalue weighted by molar-refractivity contribution is 5.82. The fourth-order valence-corrected chi connectivity index (χ4v) is 8.80. The molecule has 0 aliphatic carbocycles. The van der Waals surface area contributed by atoms with Gasteiger partial charge in [-0.05, 0) is 38.5 Å². The fraction of sp³-hybridized carbons (Fsp3) is 0.778. The van der Waals surface area contributed by atoms with Crippen molar-refractivity contribution in [3.05, 3.63) is 48.2 Å². The van der Waals surface area contributed by atoms with E-state index < -0.39 is 54.1 Å². The fourth-order valence-electron chi connectivity index (χ4n) is 8.80. The number of rotatable bonds is 16. The Balaban J connectivity index is 1.86. The Hall–Kier alpha value is -2.46. The number of cyclic esters (lactones) is 1. The number of allylic oxidation sites excluding steroid dienone is 2. The van der Waals surface area contributed by atoms with Gasteiger partial charge < -0.3 is 53.4 Å².